The Labute approximate surface area is 86.4 Å². The van der Waals surface area contributed by atoms with Gasteiger partial charge in [-0.2, -0.15) is 5.10 Å². The lowest BCUT2D eigenvalue weighted by atomic mass is 10.1. The Morgan fingerprint density at radius 2 is 2.36 bits per heavy atom. The number of hydrogen-bond donors (Lipinski definition) is 1. The molecule has 14 heavy (non-hydrogen) atoms. The van der Waals surface area contributed by atoms with Gasteiger partial charge in [-0.1, -0.05) is 0 Å². The third-order valence-electron chi connectivity index (χ3n) is 2.15. The molecule has 5 heteroatoms. The molecule has 2 aromatic rings. The Hall–Kier alpha value is -1.20. The number of thiazole rings is 1. The second kappa shape index (κ2) is 3.51. The predicted octanol–water partition coefficient (Wildman–Crippen LogP) is 1.23. The monoisotopic (exact) mass is 208 g/mol. The summed E-state index contributed by atoms with van der Waals surface area (Å²) in [6.07, 6.45) is 3.73. The quantitative estimate of drug-likeness (QED) is 0.807. The van der Waals surface area contributed by atoms with Gasteiger partial charge in [0.15, 0.2) is 0 Å². The normalized spacial score (nSPS) is 13.1. The lowest BCUT2D eigenvalue weighted by Crippen LogP contribution is -2.10. The standard InChI is InChI=1S/C9H12N4S/c1-6-9(14-5-11-6)8(10)7-3-12-13(2)4-7/h3-5,8H,10H2,1-2H3. The summed E-state index contributed by atoms with van der Waals surface area (Å²) in [5.74, 6) is 0. The molecule has 2 aromatic heterocycles. The van der Waals surface area contributed by atoms with Crippen molar-refractivity contribution < 1.29 is 0 Å². The summed E-state index contributed by atoms with van der Waals surface area (Å²) < 4.78 is 1.76. The first-order valence-electron chi connectivity index (χ1n) is 4.32. The molecular weight excluding hydrogens is 196 g/mol. The van der Waals surface area contributed by atoms with Crippen LogP contribution < -0.4 is 5.73 Å². The molecule has 0 aromatic carbocycles. The minimum Gasteiger partial charge on any atom is -0.319 e. The highest BCUT2D eigenvalue weighted by molar-refractivity contribution is 7.09. The molecular formula is C9H12N4S. The maximum atomic E-state index is 6.09. The Bertz CT molecular complexity index is 431. The van der Waals surface area contributed by atoms with Crippen molar-refractivity contribution in [1.82, 2.24) is 14.8 Å². The van der Waals surface area contributed by atoms with Crippen LogP contribution in [0.3, 0.4) is 0 Å². The van der Waals surface area contributed by atoms with Crippen molar-refractivity contribution >= 4 is 11.3 Å². The van der Waals surface area contributed by atoms with Crippen LogP contribution in [-0.2, 0) is 7.05 Å². The second-order valence-electron chi connectivity index (χ2n) is 3.23. The predicted molar refractivity (Wildman–Crippen MR) is 56.1 cm³/mol. The Morgan fingerprint density at radius 3 is 2.86 bits per heavy atom. The van der Waals surface area contributed by atoms with E-state index in [2.05, 4.69) is 10.1 Å². The van der Waals surface area contributed by atoms with Crippen LogP contribution in [0, 0.1) is 6.92 Å². The molecule has 0 aliphatic carbocycles. The van der Waals surface area contributed by atoms with E-state index in [9.17, 15) is 0 Å². The molecule has 0 spiro atoms. The van der Waals surface area contributed by atoms with E-state index in [1.807, 2.05) is 25.7 Å². The fourth-order valence-corrected chi connectivity index (χ4v) is 2.19. The molecule has 0 bridgehead atoms. The first-order valence-corrected chi connectivity index (χ1v) is 5.20. The van der Waals surface area contributed by atoms with Crippen LogP contribution in [0.2, 0.25) is 0 Å². The molecule has 0 amide bonds. The number of nitrogens with two attached hydrogens (primary N) is 1. The smallest absolute Gasteiger partial charge is 0.0798 e. The summed E-state index contributed by atoms with van der Waals surface area (Å²) in [5, 5.41) is 4.10. The average molecular weight is 208 g/mol. The lowest BCUT2D eigenvalue weighted by molar-refractivity contribution is 0.765. The van der Waals surface area contributed by atoms with Crippen molar-refractivity contribution in [3.63, 3.8) is 0 Å². The van der Waals surface area contributed by atoms with E-state index in [0.29, 0.717) is 0 Å². The van der Waals surface area contributed by atoms with Crippen molar-refractivity contribution in [2.75, 3.05) is 0 Å². The van der Waals surface area contributed by atoms with Crippen LogP contribution in [0.25, 0.3) is 0 Å². The molecule has 2 rings (SSSR count). The van der Waals surface area contributed by atoms with Crippen LogP contribution in [0.1, 0.15) is 22.2 Å². The van der Waals surface area contributed by atoms with Crippen LogP contribution >= 0.6 is 11.3 Å². The largest absolute Gasteiger partial charge is 0.319 e. The van der Waals surface area contributed by atoms with Gasteiger partial charge in [-0.3, -0.25) is 4.68 Å². The zero-order valence-electron chi connectivity index (χ0n) is 8.14. The molecule has 0 fully saturated rings. The van der Waals surface area contributed by atoms with Gasteiger partial charge in [0.05, 0.1) is 23.4 Å². The first-order chi connectivity index (χ1) is 6.68. The maximum Gasteiger partial charge on any atom is 0.0798 e. The van der Waals surface area contributed by atoms with Gasteiger partial charge in [-0.05, 0) is 6.92 Å². The van der Waals surface area contributed by atoms with E-state index in [4.69, 9.17) is 5.73 Å². The van der Waals surface area contributed by atoms with E-state index < -0.39 is 0 Å². The van der Waals surface area contributed by atoms with Crippen LogP contribution in [0.5, 0.6) is 0 Å². The number of hydrogen-bond acceptors (Lipinski definition) is 4. The average Bonchev–Trinajstić information content (AvgIpc) is 2.73. The molecule has 2 N–H and O–H groups in total. The number of nitrogens with zero attached hydrogens (tertiary/aromatic N) is 3. The highest BCUT2D eigenvalue weighted by atomic mass is 32.1. The minimum absolute atomic E-state index is 0.101. The Morgan fingerprint density at radius 1 is 1.57 bits per heavy atom. The highest BCUT2D eigenvalue weighted by Crippen LogP contribution is 2.24. The molecule has 74 valence electrons. The Balaban J connectivity index is 2.33. The second-order valence-corrected chi connectivity index (χ2v) is 4.11. The summed E-state index contributed by atoms with van der Waals surface area (Å²) in [6.45, 7) is 1.97. The molecule has 0 aliphatic rings. The first kappa shape index (κ1) is 9.36. The number of aryl methyl sites for hydroxylation is 2. The Kier molecular flexibility index (Phi) is 2.35. The van der Waals surface area contributed by atoms with Gasteiger partial charge in [-0.15, -0.1) is 11.3 Å². The van der Waals surface area contributed by atoms with Crippen molar-refractivity contribution in [2.24, 2.45) is 12.8 Å². The van der Waals surface area contributed by atoms with Gasteiger partial charge >= 0.3 is 0 Å². The molecule has 4 nitrogen and oxygen atoms in total. The van der Waals surface area contributed by atoms with E-state index >= 15 is 0 Å². The van der Waals surface area contributed by atoms with Crippen LogP contribution in [0.15, 0.2) is 17.9 Å². The molecule has 0 saturated carbocycles. The highest BCUT2D eigenvalue weighted by Gasteiger charge is 2.14. The zero-order valence-corrected chi connectivity index (χ0v) is 8.95. The van der Waals surface area contributed by atoms with Gasteiger partial charge in [0.25, 0.3) is 0 Å². The molecule has 0 radical (unpaired) electrons. The van der Waals surface area contributed by atoms with E-state index in [0.717, 1.165) is 16.1 Å². The topological polar surface area (TPSA) is 56.7 Å². The van der Waals surface area contributed by atoms with E-state index in [1.165, 1.54) is 0 Å². The third kappa shape index (κ3) is 1.56. The number of rotatable bonds is 2. The van der Waals surface area contributed by atoms with E-state index in [-0.39, 0.29) is 6.04 Å². The van der Waals surface area contributed by atoms with Crippen molar-refractivity contribution in [3.05, 3.63) is 34.0 Å². The summed E-state index contributed by atoms with van der Waals surface area (Å²) in [5.41, 5.74) is 9.95. The minimum atomic E-state index is -0.101. The van der Waals surface area contributed by atoms with Crippen LogP contribution in [0.4, 0.5) is 0 Å². The van der Waals surface area contributed by atoms with Gasteiger partial charge in [0.2, 0.25) is 0 Å². The summed E-state index contributed by atoms with van der Waals surface area (Å²) in [6, 6.07) is -0.101. The van der Waals surface area contributed by atoms with Gasteiger partial charge in [0.1, 0.15) is 0 Å². The third-order valence-corrected chi connectivity index (χ3v) is 3.16. The maximum absolute atomic E-state index is 6.09. The summed E-state index contributed by atoms with van der Waals surface area (Å²) in [7, 11) is 1.88. The fourth-order valence-electron chi connectivity index (χ4n) is 1.36. The molecule has 0 aliphatic heterocycles. The molecule has 1 unspecified atom stereocenters. The zero-order chi connectivity index (χ0) is 10.1. The van der Waals surface area contributed by atoms with Crippen molar-refractivity contribution in [2.45, 2.75) is 13.0 Å². The van der Waals surface area contributed by atoms with Crippen LogP contribution in [-0.4, -0.2) is 14.8 Å². The van der Waals surface area contributed by atoms with Gasteiger partial charge in [-0.25, -0.2) is 4.98 Å². The molecule has 1 atom stereocenters. The SMILES string of the molecule is Cc1ncsc1C(N)c1cnn(C)c1. The summed E-state index contributed by atoms with van der Waals surface area (Å²) >= 11 is 1.59. The van der Waals surface area contributed by atoms with Crippen molar-refractivity contribution in [1.29, 1.82) is 0 Å². The van der Waals surface area contributed by atoms with Crippen molar-refractivity contribution in [3.8, 4) is 0 Å². The van der Waals surface area contributed by atoms with E-state index in [1.54, 1.807) is 22.2 Å². The number of aromatic nitrogens is 3. The summed E-state index contributed by atoms with van der Waals surface area (Å²) in [4.78, 5) is 5.29. The van der Waals surface area contributed by atoms with Gasteiger partial charge in [0, 0.05) is 23.7 Å². The fraction of sp³-hybridized carbons (Fsp3) is 0.333. The van der Waals surface area contributed by atoms with Gasteiger partial charge < -0.3 is 5.73 Å². The molecule has 0 saturated heterocycles. The molecule has 2 heterocycles. The lowest BCUT2D eigenvalue weighted by Gasteiger charge is -2.06.